The van der Waals surface area contributed by atoms with E-state index in [0.717, 1.165) is 54.2 Å². The number of carbonyl (C=O) groups is 1. The average Bonchev–Trinajstić information content (AvgIpc) is 3.25. The van der Waals surface area contributed by atoms with E-state index in [1.807, 2.05) is 96.8 Å². The zero-order valence-corrected chi connectivity index (χ0v) is 32.6. The molecule has 0 unspecified atom stereocenters. The number of aryl methyl sites for hydroxylation is 1. The van der Waals surface area contributed by atoms with Gasteiger partial charge in [0.05, 0.1) is 31.3 Å². The minimum atomic E-state index is -0.439. The zero-order valence-electron chi connectivity index (χ0n) is 32.6. The summed E-state index contributed by atoms with van der Waals surface area (Å²) >= 11 is 0. The Bertz CT molecular complexity index is 2450. The van der Waals surface area contributed by atoms with Gasteiger partial charge in [-0.1, -0.05) is 42.5 Å². The standard InChI is InChI=1S/C44H46N8O5/c1-30-9-8-12-37-40(30)51(44(54)57-29-31-10-6-5-7-11-31)24-23-50(37)38-25-33-28-46-43(45-27-32-13-18-36(55-3)26-39(32)56-4)47-41(33)52(42(38)53)35-16-14-34(15-17-35)49-21-19-48(2)20-22-49/h5-18,25-26,28H,19-24,27,29H2,1-4H3,(H,45,46,47). The van der Waals surface area contributed by atoms with Gasteiger partial charge in [0.25, 0.3) is 5.56 Å². The van der Waals surface area contributed by atoms with Gasteiger partial charge >= 0.3 is 6.09 Å². The van der Waals surface area contributed by atoms with E-state index in [1.54, 1.807) is 29.9 Å². The molecule has 2 aliphatic rings. The van der Waals surface area contributed by atoms with Crippen LogP contribution in [0.3, 0.4) is 0 Å². The van der Waals surface area contributed by atoms with Crippen LogP contribution in [0.1, 0.15) is 16.7 Å². The number of amides is 1. The van der Waals surface area contributed by atoms with Crippen LogP contribution in [0.25, 0.3) is 16.7 Å². The first-order chi connectivity index (χ1) is 27.8. The molecule has 0 saturated carbocycles. The molecule has 1 fully saturated rings. The summed E-state index contributed by atoms with van der Waals surface area (Å²) in [6.07, 6.45) is 1.30. The van der Waals surface area contributed by atoms with Crippen LogP contribution in [0.5, 0.6) is 11.5 Å². The van der Waals surface area contributed by atoms with E-state index in [1.165, 1.54) is 0 Å². The van der Waals surface area contributed by atoms with Crippen LogP contribution in [0, 0.1) is 6.92 Å². The summed E-state index contributed by atoms with van der Waals surface area (Å²) in [5, 5.41) is 4.00. The number of nitrogens with zero attached hydrogens (tertiary/aromatic N) is 7. The van der Waals surface area contributed by atoms with Crippen LogP contribution in [0.4, 0.5) is 33.5 Å². The lowest BCUT2D eigenvalue weighted by Gasteiger charge is -2.38. The molecular formula is C44H46N8O5. The fourth-order valence-corrected chi connectivity index (χ4v) is 7.52. The predicted octanol–water partition coefficient (Wildman–Crippen LogP) is 6.77. The number of aromatic nitrogens is 3. The fraction of sp³-hybridized carbons (Fsp3) is 0.273. The molecule has 0 atom stereocenters. The molecule has 13 nitrogen and oxygen atoms in total. The maximum atomic E-state index is 15.0. The molecular weight excluding hydrogens is 721 g/mol. The van der Waals surface area contributed by atoms with E-state index >= 15 is 4.79 Å². The van der Waals surface area contributed by atoms with E-state index < -0.39 is 6.09 Å². The van der Waals surface area contributed by atoms with Crippen molar-refractivity contribution in [3.05, 3.63) is 130 Å². The Labute approximate surface area is 331 Å². The quantitative estimate of drug-likeness (QED) is 0.159. The van der Waals surface area contributed by atoms with E-state index in [4.69, 9.17) is 19.2 Å². The van der Waals surface area contributed by atoms with Gasteiger partial charge in [-0.3, -0.25) is 14.3 Å². The van der Waals surface area contributed by atoms with E-state index in [9.17, 15) is 4.79 Å². The SMILES string of the molecule is COc1ccc(CNc2ncc3cc(N4CCN(C(=O)OCc5ccccc5)c5c(C)cccc54)c(=O)n(-c4ccc(N5CCN(C)CC5)cc4)c3n2)c(OC)c1. The van der Waals surface area contributed by atoms with Gasteiger partial charge in [0.1, 0.15) is 23.8 Å². The molecule has 0 spiro atoms. The topological polar surface area (TPSA) is 118 Å². The maximum absolute atomic E-state index is 15.0. The molecule has 1 amide bonds. The molecule has 8 rings (SSSR count). The van der Waals surface area contributed by atoms with E-state index in [2.05, 4.69) is 39.3 Å². The fourth-order valence-electron chi connectivity index (χ4n) is 7.52. The molecule has 0 aliphatic carbocycles. The van der Waals surface area contributed by atoms with Crippen molar-refractivity contribution in [1.82, 2.24) is 19.4 Å². The lowest BCUT2D eigenvalue weighted by molar-refractivity contribution is 0.147. The highest BCUT2D eigenvalue weighted by atomic mass is 16.6. The zero-order chi connectivity index (χ0) is 39.5. The number of likely N-dealkylation sites (N-methyl/N-ethyl adjacent to an activating group) is 1. The summed E-state index contributed by atoms with van der Waals surface area (Å²) < 4.78 is 18.4. The lowest BCUT2D eigenvalue weighted by Crippen LogP contribution is -2.44. The van der Waals surface area contributed by atoms with Gasteiger partial charge in [-0.05, 0) is 73.6 Å². The third-order valence-electron chi connectivity index (χ3n) is 10.7. The molecule has 0 radical (unpaired) electrons. The number of nitrogens with one attached hydrogen (secondary N) is 1. The van der Waals surface area contributed by atoms with Gasteiger partial charge in [0.15, 0.2) is 5.65 Å². The summed E-state index contributed by atoms with van der Waals surface area (Å²) in [7, 11) is 5.37. The smallest absolute Gasteiger partial charge is 0.414 e. The Hall–Kier alpha value is -6.60. The number of carbonyl (C=O) groups excluding carboxylic acids is 1. The Morgan fingerprint density at radius 2 is 1.58 bits per heavy atom. The first kappa shape index (κ1) is 37.3. The van der Waals surface area contributed by atoms with Crippen molar-refractivity contribution in [2.45, 2.75) is 20.1 Å². The highest BCUT2D eigenvalue weighted by Gasteiger charge is 2.32. The minimum Gasteiger partial charge on any atom is -0.497 e. The monoisotopic (exact) mass is 766 g/mol. The van der Waals surface area contributed by atoms with Gasteiger partial charge in [0.2, 0.25) is 5.95 Å². The molecule has 4 heterocycles. The second kappa shape index (κ2) is 16.2. The highest BCUT2D eigenvalue weighted by molar-refractivity contribution is 5.97. The number of ether oxygens (including phenoxy) is 3. The minimum absolute atomic E-state index is 0.161. The number of para-hydroxylation sites is 1. The van der Waals surface area contributed by atoms with Gasteiger partial charge in [-0.25, -0.2) is 9.78 Å². The largest absolute Gasteiger partial charge is 0.497 e. The predicted molar refractivity (Wildman–Crippen MR) is 224 cm³/mol. The number of hydrogen-bond acceptors (Lipinski definition) is 11. The first-order valence-corrected chi connectivity index (χ1v) is 19.1. The second-order valence-corrected chi connectivity index (χ2v) is 14.3. The molecule has 4 aromatic carbocycles. The molecule has 2 aromatic heterocycles. The number of rotatable bonds is 10. The molecule has 6 aromatic rings. The Kier molecular flexibility index (Phi) is 10.6. The number of pyridine rings is 1. The third kappa shape index (κ3) is 7.66. The molecule has 13 heteroatoms. The highest BCUT2D eigenvalue weighted by Crippen LogP contribution is 2.40. The molecule has 1 N–H and O–H groups in total. The van der Waals surface area contributed by atoms with Crippen LogP contribution in [-0.4, -0.2) is 86.1 Å². The van der Waals surface area contributed by atoms with Crippen molar-refractivity contribution in [2.24, 2.45) is 0 Å². The number of anilines is 5. The summed E-state index contributed by atoms with van der Waals surface area (Å²) in [6.45, 7) is 7.03. The normalized spacial score (nSPS) is 14.4. The number of benzene rings is 4. The number of piperazine rings is 1. The van der Waals surface area contributed by atoms with Crippen molar-refractivity contribution >= 4 is 45.8 Å². The third-order valence-corrected chi connectivity index (χ3v) is 10.7. The Balaban J connectivity index is 1.17. The molecule has 57 heavy (non-hydrogen) atoms. The summed E-state index contributed by atoms with van der Waals surface area (Å²) in [5.41, 5.74) is 6.57. The second-order valence-electron chi connectivity index (χ2n) is 14.3. The van der Waals surface area contributed by atoms with Crippen LogP contribution < -0.4 is 35.0 Å². The molecule has 1 saturated heterocycles. The number of fused-ring (bicyclic) bond motifs is 2. The Morgan fingerprint density at radius 1 is 0.807 bits per heavy atom. The lowest BCUT2D eigenvalue weighted by atomic mass is 10.1. The number of methoxy groups -OCH3 is 2. The Morgan fingerprint density at radius 3 is 2.33 bits per heavy atom. The van der Waals surface area contributed by atoms with Crippen LogP contribution in [-0.2, 0) is 17.9 Å². The van der Waals surface area contributed by atoms with Gasteiger partial charge in [-0.2, -0.15) is 4.98 Å². The van der Waals surface area contributed by atoms with Crippen molar-refractivity contribution < 1.29 is 19.0 Å². The van der Waals surface area contributed by atoms with Gasteiger partial charge < -0.3 is 34.2 Å². The van der Waals surface area contributed by atoms with Crippen LogP contribution >= 0.6 is 0 Å². The van der Waals surface area contributed by atoms with Crippen molar-refractivity contribution in [2.75, 3.05) is 80.6 Å². The van der Waals surface area contributed by atoms with E-state index in [-0.39, 0.29) is 12.2 Å². The average molecular weight is 767 g/mol. The summed E-state index contributed by atoms with van der Waals surface area (Å²) in [4.78, 5) is 46.5. The van der Waals surface area contributed by atoms with Crippen LogP contribution in [0.2, 0.25) is 0 Å². The van der Waals surface area contributed by atoms with Crippen molar-refractivity contribution in [3.63, 3.8) is 0 Å². The van der Waals surface area contributed by atoms with Crippen LogP contribution in [0.15, 0.2) is 108 Å². The van der Waals surface area contributed by atoms with Gasteiger partial charge in [-0.15, -0.1) is 0 Å². The van der Waals surface area contributed by atoms with Gasteiger partial charge in [0, 0.05) is 74.7 Å². The van der Waals surface area contributed by atoms with Crippen molar-refractivity contribution in [3.8, 4) is 17.2 Å². The summed E-state index contributed by atoms with van der Waals surface area (Å²) in [5.74, 6) is 1.72. The van der Waals surface area contributed by atoms with E-state index in [0.29, 0.717) is 65.2 Å². The molecule has 2 aliphatic heterocycles. The van der Waals surface area contributed by atoms with Crippen molar-refractivity contribution in [1.29, 1.82) is 0 Å². The summed E-state index contributed by atoms with van der Waals surface area (Å²) in [6, 6.07) is 31.0. The molecule has 292 valence electrons. The first-order valence-electron chi connectivity index (χ1n) is 19.1. The molecule has 0 bridgehead atoms. The maximum Gasteiger partial charge on any atom is 0.414 e. The number of hydrogen-bond donors (Lipinski definition) is 1.